The van der Waals surface area contributed by atoms with Crippen molar-refractivity contribution in [2.45, 2.75) is 66.1 Å². The van der Waals surface area contributed by atoms with Gasteiger partial charge in [0.05, 0.1) is 0 Å². The topological polar surface area (TPSA) is 63.6 Å². The van der Waals surface area contributed by atoms with E-state index in [4.69, 9.17) is 4.74 Å². The third-order valence-electron chi connectivity index (χ3n) is 8.05. The highest BCUT2D eigenvalue weighted by Gasteiger charge is 2.67. The Bertz CT molecular complexity index is 730. The number of ether oxygens (including phenoxy) is 1. The number of hydrogen-bond donors (Lipinski definition) is 1. The maximum absolute atomic E-state index is 12.6. The van der Waals surface area contributed by atoms with E-state index in [9.17, 15) is 14.7 Å². The highest BCUT2D eigenvalue weighted by atomic mass is 16.6. The first-order chi connectivity index (χ1) is 11.5. The monoisotopic (exact) mass is 344 g/mol. The van der Waals surface area contributed by atoms with Gasteiger partial charge in [-0.25, -0.2) is 4.79 Å². The van der Waals surface area contributed by atoms with Gasteiger partial charge < -0.3 is 9.84 Å². The van der Waals surface area contributed by atoms with E-state index in [-0.39, 0.29) is 34.6 Å². The molecule has 4 nitrogen and oxygen atoms in total. The minimum Gasteiger partial charge on any atom is -0.459 e. The zero-order valence-electron chi connectivity index (χ0n) is 15.8. The molecule has 0 unspecified atom stereocenters. The summed E-state index contributed by atoms with van der Waals surface area (Å²) in [4.78, 5) is 24.9. The van der Waals surface area contributed by atoms with E-state index in [2.05, 4.69) is 19.9 Å². The van der Waals surface area contributed by atoms with Crippen LogP contribution in [-0.4, -0.2) is 29.1 Å². The van der Waals surface area contributed by atoms with Crippen molar-refractivity contribution in [1.29, 1.82) is 0 Å². The molecule has 6 atom stereocenters. The number of ketones is 1. The van der Waals surface area contributed by atoms with Crippen molar-refractivity contribution in [1.82, 2.24) is 0 Å². The summed E-state index contributed by atoms with van der Waals surface area (Å²) in [7, 11) is 0. The van der Waals surface area contributed by atoms with Gasteiger partial charge >= 0.3 is 5.97 Å². The fourth-order valence-corrected chi connectivity index (χ4v) is 6.72. The normalized spacial score (nSPS) is 47.9. The fourth-order valence-electron chi connectivity index (χ4n) is 6.72. The molecule has 136 valence electrons. The summed E-state index contributed by atoms with van der Waals surface area (Å²) in [5, 5.41) is 10.6. The standard InChI is InChI=1S/C21H28O4/c1-11-6-7-12-20(4)9-8-14(22)19(2,3)13(20)10-15-21(12,5)16(11)17(23)18(24)25-15/h8-9,12-13,15,17,23H,6-7,10H2,1-5H3/t12-,13-,15+,17-,20+,21-/m0/s1. The number of carbonyl (C=O) groups excluding carboxylic acids is 2. The molecule has 1 saturated carbocycles. The van der Waals surface area contributed by atoms with Gasteiger partial charge in [0.2, 0.25) is 0 Å². The molecule has 0 aromatic heterocycles. The van der Waals surface area contributed by atoms with Crippen LogP contribution in [0.25, 0.3) is 0 Å². The molecule has 1 N–H and O–H groups in total. The average Bonchev–Trinajstić information content (AvgIpc) is 2.52. The van der Waals surface area contributed by atoms with Gasteiger partial charge in [-0.15, -0.1) is 0 Å². The van der Waals surface area contributed by atoms with E-state index in [0.717, 1.165) is 24.0 Å². The van der Waals surface area contributed by atoms with Gasteiger partial charge in [-0.2, -0.15) is 0 Å². The molecular weight excluding hydrogens is 316 g/mol. The number of aliphatic hydroxyl groups is 1. The van der Waals surface area contributed by atoms with E-state index < -0.39 is 17.5 Å². The molecule has 0 bridgehead atoms. The van der Waals surface area contributed by atoms with Crippen LogP contribution in [0.2, 0.25) is 0 Å². The molecule has 4 heteroatoms. The Labute approximate surface area is 149 Å². The van der Waals surface area contributed by atoms with Crippen LogP contribution in [0.3, 0.4) is 0 Å². The molecule has 0 aromatic carbocycles. The second-order valence-corrected chi connectivity index (χ2v) is 9.47. The zero-order valence-corrected chi connectivity index (χ0v) is 15.8. The average molecular weight is 344 g/mol. The lowest BCUT2D eigenvalue weighted by Gasteiger charge is -2.65. The first kappa shape index (κ1) is 17.0. The maximum Gasteiger partial charge on any atom is 0.339 e. The van der Waals surface area contributed by atoms with Gasteiger partial charge in [-0.3, -0.25) is 4.79 Å². The van der Waals surface area contributed by atoms with Crippen molar-refractivity contribution >= 4 is 11.8 Å². The second kappa shape index (κ2) is 4.85. The van der Waals surface area contributed by atoms with Gasteiger partial charge in [0.25, 0.3) is 0 Å². The quantitative estimate of drug-likeness (QED) is 0.541. The van der Waals surface area contributed by atoms with Crippen molar-refractivity contribution in [3.05, 3.63) is 23.3 Å². The lowest BCUT2D eigenvalue weighted by Crippen LogP contribution is -2.66. The Morgan fingerprint density at radius 2 is 1.84 bits per heavy atom. The van der Waals surface area contributed by atoms with E-state index in [1.807, 2.05) is 20.8 Å². The molecular formula is C21H28O4. The van der Waals surface area contributed by atoms with Crippen molar-refractivity contribution in [2.75, 3.05) is 0 Å². The Kier molecular flexibility index (Phi) is 3.30. The van der Waals surface area contributed by atoms with Crippen LogP contribution < -0.4 is 0 Å². The zero-order chi connectivity index (χ0) is 18.4. The predicted molar refractivity (Wildman–Crippen MR) is 93.6 cm³/mol. The van der Waals surface area contributed by atoms with Gasteiger partial charge in [0, 0.05) is 10.8 Å². The molecule has 3 aliphatic carbocycles. The number of aliphatic hydroxyl groups excluding tert-OH is 1. The molecule has 2 fully saturated rings. The van der Waals surface area contributed by atoms with Crippen LogP contribution in [0.15, 0.2) is 23.3 Å². The first-order valence-electron chi connectivity index (χ1n) is 9.37. The molecule has 4 aliphatic rings. The molecule has 0 amide bonds. The van der Waals surface area contributed by atoms with Crippen molar-refractivity contribution < 1.29 is 19.4 Å². The van der Waals surface area contributed by atoms with Crippen LogP contribution in [0.5, 0.6) is 0 Å². The van der Waals surface area contributed by atoms with Crippen LogP contribution >= 0.6 is 0 Å². The molecule has 0 radical (unpaired) electrons. The number of hydrogen-bond acceptors (Lipinski definition) is 4. The molecule has 25 heavy (non-hydrogen) atoms. The van der Waals surface area contributed by atoms with Gasteiger partial charge in [-0.1, -0.05) is 39.3 Å². The first-order valence-corrected chi connectivity index (χ1v) is 9.37. The van der Waals surface area contributed by atoms with Gasteiger partial charge in [0.15, 0.2) is 11.9 Å². The van der Waals surface area contributed by atoms with Crippen molar-refractivity contribution in [2.24, 2.45) is 28.1 Å². The summed E-state index contributed by atoms with van der Waals surface area (Å²) in [5.74, 6) is -0.00262. The van der Waals surface area contributed by atoms with E-state index in [1.165, 1.54) is 0 Å². The van der Waals surface area contributed by atoms with Crippen molar-refractivity contribution in [3.8, 4) is 0 Å². The SMILES string of the molecule is CC1=C2[C@H](O)C(=O)O[C@@H]3C[C@H]4C(C)(C)C(=O)C=C[C@]4(C)[C@H](CC1)[C@]23C. The summed E-state index contributed by atoms with van der Waals surface area (Å²) in [6, 6.07) is 0. The Balaban J connectivity index is 1.93. The Morgan fingerprint density at radius 3 is 2.52 bits per heavy atom. The van der Waals surface area contributed by atoms with Crippen LogP contribution in [0.4, 0.5) is 0 Å². The summed E-state index contributed by atoms with van der Waals surface area (Å²) in [6.45, 7) is 10.5. The van der Waals surface area contributed by atoms with Crippen LogP contribution in [0.1, 0.15) is 53.9 Å². The number of allylic oxidation sites excluding steroid dienone is 3. The van der Waals surface area contributed by atoms with E-state index >= 15 is 0 Å². The largest absolute Gasteiger partial charge is 0.459 e. The molecule has 1 heterocycles. The van der Waals surface area contributed by atoms with Gasteiger partial charge in [0.1, 0.15) is 6.10 Å². The third-order valence-corrected chi connectivity index (χ3v) is 8.05. The molecule has 0 spiro atoms. The third kappa shape index (κ3) is 1.87. The predicted octanol–water partition coefficient (Wildman–Crippen LogP) is 3.20. The highest BCUT2D eigenvalue weighted by Crippen LogP contribution is 2.68. The maximum atomic E-state index is 12.6. The number of rotatable bonds is 0. The van der Waals surface area contributed by atoms with Crippen molar-refractivity contribution in [3.63, 3.8) is 0 Å². The Hall–Kier alpha value is -1.42. The lowest BCUT2D eigenvalue weighted by molar-refractivity contribution is -0.204. The molecule has 1 saturated heterocycles. The molecule has 1 aliphatic heterocycles. The second-order valence-electron chi connectivity index (χ2n) is 9.47. The van der Waals surface area contributed by atoms with Crippen LogP contribution in [-0.2, 0) is 14.3 Å². The fraction of sp³-hybridized carbons (Fsp3) is 0.714. The van der Waals surface area contributed by atoms with Crippen LogP contribution in [0, 0.1) is 28.1 Å². The summed E-state index contributed by atoms with van der Waals surface area (Å²) >= 11 is 0. The summed E-state index contributed by atoms with van der Waals surface area (Å²) in [5.41, 5.74) is 1.04. The number of carbonyl (C=O) groups is 2. The lowest BCUT2D eigenvalue weighted by atomic mass is 9.40. The summed E-state index contributed by atoms with van der Waals surface area (Å²) < 4.78 is 5.75. The minimum absolute atomic E-state index is 0.128. The number of fused-ring (bicyclic) bond motifs is 2. The molecule has 0 aromatic rings. The van der Waals surface area contributed by atoms with E-state index in [1.54, 1.807) is 6.08 Å². The molecule has 4 rings (SSSR count). The summed E-state index contributed by atoms with van der Waals surface area (Å²) in [6.07, 6.45) is 5.00. The minimum atomic E-state index is -1.15. The van der Waals surface area contributed by atoms with Gasteiger partial charge in [-0.05, 0) is 55.1 Å². The highest BCUT2D eigenvalue weighted by molar-refractivity contribution is 5.96. The Morgan fingerprint density at radius 1 is 1.16 bits per heavy atom. The van der Waals surface area contributed by atoms with E-state index in [0.29, 0.717) is 6.42 Å². The number of esters is 1. The smallest absolute Gasteiger partial charge is 0.339 e.